The molecule has 2 aromatic carbocycles. The number of ether oxygens (including phenoxy) is 3. The minimum absolute atomic E-state index is 0.0261. The molecule has 0 aliphatic rings. The van der Waals surface area contributed by atoms with Gasteiger partial charge in [-0.1, -0.05) is 0 Å². The van der Waals surface area contributed by atoms with Crippen molar-refractivity contribution in [2.24, 2.45) is 0 Å². The first kappa shape index (κ1) is 16.5. The molecule has 0 N–H and O–H groups in total. The second-order valence-corrected chi connectivity index (χ2v) is 4.90. The van der Waals surface area contributed by atoms with Crippen LogP contribution in [0.3, 0.4) is 0 Å². The third kappa shape index (κ3) is 3.88. The first-order valence-corrected chi connectivity index (χ1v) is 7.03. The summed E-state index contributed by atoms with van der Waals surface area (Å²) in [5.41, 5.74) is 1.85. The summed E-state index contributed by atoms with van der Waals surface area (Å²) in [6.07, 6.45) is 0.742. The van der Waals surface area contributed by atoms with E-state index in [0.717, 1.165) is 11.8 Å². The summed E-state index contributed by atoms with van der Waals surface area (Å²) >= 11 is 0. The standard InChI is InChI=1S/C18H18O5/c1-12(20)14-5-7-16(21-2)15(9-14)11-23-17-6-4-13(10-19)8-18(17)22-3/h4-10H,11H2,1-3H3. The minimum atomic E-state index is -0.0261. The molecule has 0 aromatic heterocycles. The number of benzene rings is 2. The van der Waals surface area contributed by atoms with Crippen molar-refractivity contribution in [2.75, 3.05) is 14.2 Å². The van der Waals surface area contributed by atoms with Gasteiger partial charge in [-0.2, -0.15) is 0 Å². The number of aldehydes is 1. The number of hydrogen-bond acceptors (Lipinski definition) is 5. The lowest BCUT2D eigenvalue weighted by molar-refractivity contribution is 0.101. The first-order chi connectivity index (χ1) is 11.1. The largest absolute Gasteiger partial charge is 0.496 e. The smallest absolute Gasteiger partial charge is 0.161 e. The molecule has 23 heavy (non-hydrogen) atoms. The van der Waals surface area contributed by atoms with Crippen molar-refractivity contribution in [3.63, 3.8) is 0 Å². The van der Waals surface area contributed by atoms with E-state index in [9.17, 15) is 9.59 Å². The second kappa shape index (κ2) is 7.45. The molecule has 5 heteroatoms. The first-order valence-electron chi connectivity index (χ1n) is 7.03. The van der Waals surface area contributed by atoms with E-state index < -0.39 is 0 Å². The molecule has 0 saturated carbocycles. The number of Topliss-reactive ketones (excluding diaryl/α,β-unsaturated/α-hetero) is 1. The lowest BCUT2D eigenvalue weighted by Gasteiger charge is -2.13. The SMILES string of the molecule is COc1ccc(C(C)=O)cc1COc1ccc(C=O)cc1OC. The maximum atomic E-state index is 11.5. The van der Waals surface area contributed by atoms with Crippen LogP contribution in [0, 0.1) is 0 Å². The molecule has 0 atom stereocenters. The molecule has 0 amide bonds. The Morgan fingerprint density at radius 1 is 1.00 bits per heavy atom. The van der Waals surface area contributed by atoms with Gasteiger partial charge in [0.15, 0.2) is 17.3 Å². The van der Waals surface area contributed by atoms with Crippen molar-refractivity contribution >= 4 is 12.1 Å². The molecule has 120 valence electrons. The van der Waals surface area contributed by atoms with E-state index in [0.29, 0.717) is 28.4 Å². The van der Waals surface area contributed by atoms with Gasteiger partial charge in [0, 0.05) is 16.7 Å². The Morgan fingerprint density at radius 3 is 2.30 bits per heavy atom. The van der Waals surface area contributed by atoms with Gasteiger partial charge in [-0.25, -0.2) is 0 Å². The molecule has 5 nitrogen and oxygen atoms in total. The summed E-state index contributed by atoms with van der Waals surface area (Å²) in [7, 11) is 3.07. The minimum Gasteiger partial charge on any atom is -0.496 e. The van der Waals surface area contributed by atoms with E-state index >= 15 is 0 Å². The molecule has 0 unspecified atom stereocenters. The fraction of sp³-hybridized carbons (Fsp3) is 0.222. The van der Waals surface area contributed by atoms with E-state index in [-0.39, 0.29) is 12.4 Å². The van der Waals surface area contributed by atoms with Crippen molar-refractivity contribution in [1.82, 2.24) is 0 Å². The summed E-state index contributed by atoms with van der Waals surface area (Å²) in [5, 5.41) is 0. The van der Waals surface area contributed by atoms with Crippen LogP contribution < -0.4 is 14.2 Å². The highest BCUT2D eigenvalue weighted by atomic mass is 16.5. The third-order valence-corrected chi connectivity index (χ3v) is 3.39. The van der Waals surface area contributed by atoms with E-state index in [1.54, 1.807) is 43.5 Å². The van der Waals surface area contributed by atoms with Crippen molar-refractivity contribution in [3.05, 3.63) is 53.1 Å². The number of carbonyl (C=O) groups excluding carboxylic acids is 2. The molecule has 0 aliphatic heterocycles. The summed E-state index contributed by atoms with van der Waals surface area (Å²) in [6, 6.07) is 10.1. The second-order valence-electron chi connectivity index (χ2n) is 4.90. The average Bonchev–Trinajstić information content (AvgIpc) is 2.59. The van der Waals surface area contributed by atoms with E-state index in [2.05, 4.69) is 0 Å². The van der Waals surface area contributed by atoms with Crippen LogP contribution in [0.2, 0.25) is 0 Å². The van der Waals surface area contributed by atoms with Crippen LogP contribution in [0.5, 0.6) is 17.2 Å². The maximum absolute atomic E-state index is 11.5. The lowest BCUT2D eigenvalue weighted by Crippen LogP contribution is -2.03. The molecule has 2 aromatic rings. The zero-order valence-electron chi connectivity index (χ0n) is 13.3. The van der Waals surface area contributed by atoms with Crippen LogP contribution in [0.25, 0.3) is 0 Å². The highest BCUT2D eigenvalue weighted by molar-refractivity contribution is 5.94. The number of carbonyl (C=O) groups is 2. The van der Waals surface area contributed by atoms with Crippen LogP contribution in [0.15, 0.2) is 36.4 Å². The average molecular weight is 314 g/mol. The summed E-state index contributed by atoms with van der Waals surface area (Å²) in [4.78, 5) is 22.3. The molecule has 0 bridgehead atoms. The molecule has 0 spiro atoms. The van der Waals surface area contributed by atoms with Crippen molar-refractivity contribution in [3.8, 4) is 17.2 Å². The highest BCUT2D eigenvalue weighted by Crippen LogP contribution is 2.30. The maximum Gasteiger partial charge on any atom is 0.161 e. The number of ketones is 1. The predicted molar refractivity (Wildman–Crippen MR) is 85.7 cm³/mol. The van der Waals surface area contributed by atoms with Crippen molar-refractivity contribution in [2.45, 2.75) is 13.5 Å². The van der Waals surface area contributed by atoms with E-state index in [1.165, 1.54) is 14.0 Å². The highest BCUT2D eigenvalue weighted by Gasteiger charge is 2.10. The molecule has 0 saturated heterocycles. The van der Waals surface area contributed by atoms with Crippen molar-refractivity contribution in [1.29, 1.82) is 0 Å². The van der Waals surface area contributed by atoms with Crippen LogP contribution in [0.1, 0.15) is 33.2 Å². The lowest BCUT2D eigenvalue weighted by atomic mass is 10.1. The quantitative estimate of drug-likeness (QED) is 0.579. The molecule has 0 radical (unpaired) electrons. The number of rotatable bonds is 7. The number of methoxy groups -OCH3 is 2. The fourth-order valence-electron chi connectivity index (χ4n) is 2.14. The number of hydrogen-bond donors (Lipinski definition) is 0. The zero-order chi connectivity index (χ0) is 16.8. The molecular weight excluding hydrogens is 296 g/mol. The van der Waals surface area contributed by atoms with Gasteiger partial charge in [0.05, 0.1) is 14.2 Å². The van der Waals surface area contributed by atoms with Gasteiger partial charge in [0.2, 0.25) is 0 Å². The van der Waals surface area contributed by atoms with E-state index in [4.69, 9.17) is 14.2 Å². The Hall–Kier alpha value is -2.82. The normalized spacial score (nSPS) is 10.0. The van der Waals surface area contributed by atoms with Gasteiger partial charge in [-0.3, -0.25) is 9.59 Å². The van der Waals surface area contributed by atoms with Crippen LogP contribution in [-0.2, 0) is 6.61 Å². The third-order valence-electron chi connectivity index (χ3n) is 3.39. The molecular formula is C18H18O5. The predicted octanol–water partition coefficient (Wildman–Crippen LogP) is 3.30. The molecule has 2 rings (SSSR count). The Morgan fingerprint density at radius 2 is 1.70 bits per heavy atom. The van der Waals surface area contributed by atoms with Crippen LogP contribution in [0.4, 0.5) is 0 Å². The fourth-order valence-corrected chi connectivity index (χ4v) is 2.14. The zero-order valence-corrected chi connectivity index (χ0v) is 13.3. The van der Waals surface area contributed by atoms with Crippen LogP contribution >= 0.6 is 0 Å². The van der Waals surface area contributed by atoms with Crippen LogP contribution in [-0.4, -0.2) is 26.3 Å². The van der Waals surface area contributed by atoms with Gasteiger partial charge < -0.3 is 14.2 Å². The Kier molecular flexibility index (Phi) is 5.36. The summed E-state index contributed by atoms with van der Waals surface area (Å²) < 4.78 is 16.3. The van der Waals surface area contributed by atoms with Crippen molar-refractivity contribution < 1.29 is 23.8 Å². The van der Waals surface area contributed by atoms with Gasteiger partial charge in [-0.15, -0.1) is 0 Å². The van der Waals surface area contributed by atoms with E-state index in [1.807, 2.05) is 0 Å². The van der Waals surface area contributed by atoms with Gasteiger partial charge >= 0.3 is 0 Å². The Balaban J connectivity index is 2.25. The summed E-state index contributed by atoms with van der Waals surface area (Å²) in [6.45, 7) is 1.72. The topological polar surface area (TPSA) is 61.8 Å². The van der Waals surface area contributed by atoms with Gasteiger partial charge in [0.1, 0.15) is 18.6 Å². The molecule has 0 aliphatic carbocycles. The monoisotopic (exact) mass is 314 g/mol. The summed E-state index contributed by atoms with van der Waals surface area (Å²) in [5.74, 6) is 1.59. The Labute approximate surface area is 134 Å². The van der Waals surface area contributed by atoms with Gasteiger partial charge in [-0.05, 0) is 43.3 Å². The molecule has 0 fully saturated rings. The van der Waals surface area contributed by atoms with Gasteiger partial charge in [0.25, 0.3) is 0 Å². The Bertz CT molecular complexity index is 721. The molecule has 0 heterocycles.